The lowest BCUT2D eigenvalue weighted by atomic mass is 9.97. The number of nitrogens with zero attached hydrogens (tertiary/aromatic N) is 3. The van der Waals surface area contributed by atoms with E-state index in [-0.39, 0.29) is 23.7 Å². The molecule has 2 aromatic carbocycles. The minimum atomic E-state index is -0.216. The quantitative estimate of drug-likeness (QED) is 0.348. The number of cyclic esters (lactones) is 1. The number of hydrogen-bond acceptors (Lipinski definition) is 6. The lowest BCUT2D eigenvalue weighted by molar-refractivity contribution is 0.153. The minimum Gasteiger partial charge on any atom is -0.447 e. The van der Waals surface area contributed by atoms with E-state index in [1.54, 1.807) is 15.9 Å². The van der Waals surface area contributed by atoms with Crippen LogP contribution < -0.4 is 10.9 Å². The van der Waals surface area contributed by atoms with E-state index in [4.69, 9.17) is 21.3 Å². The Balaban J connectivity index is 1.41. The van der Waals surface area contributed by atoms with Crippen LogP contribution in [0.5, 0.6) is 0 Å². The number of ether oxygens (including phenoxy) is 1. The summed E-state index contributed by atoms with van der Waals surface area (Å²) in [5.74, 6) is 0.666. The van der Waals surface area contributed by atoms with Gasteiger partial charge in [0.2, 0.25) is 0 Å². The number of thiophene rings is 1. The van der Waals surface area contributed by atoms with E-state index < -0.39 is 0 Å². The van der Waals surface area contributed by atoms with Crippen LogP contribution >= 0.6 is 22.9 Å². The second-order valence-corrected chi connectivity index (χ2v) is 11.5. The number of amides is 1. The Kier molecular flexibility index (Phi) is 6.16. The third-order valence-corrected chi connectivity index (χ3v) is 8.54. The molecule has 7 nitrogen and oxygen atoms in total. The van der Waals surface area contributed by atoms with Crippen LogP contribution in [0.1, 0.15) is 29.1 Å². The number of carbonyl (C=O) groups is 1. The zero-order valence-electron chi connectivity index (χ0n) is 20.7. The summed E-state index contributed by atoms with van der Waals surface area (Å²) in [5, 5.41) is 4.96. The van der Waals surface area contributed by atoms with Crippen LogP contribution in [0, 0.1) is 13.8 Å². The highest BCUT2D eigenvalue weighted by Gasteiger charge is 2.38. The Morgan fingerprint density at radius 3 is 2.70 bits per heavy atom. The Morgan fingerprint density at radius 1 is 1.14 bits per heavy atom. The predicted octanol–water partition coefficient (Wildman–Crippen LogP) is 5.84. The Hall–Kier alpha value is -3.36. The SMILES string of the molecule is Cc1ccc(-c2cc3nc(C)n(Cc4ccc(Cl)cc4)c(=O)c3cc2N[C@H]2CCN3C(=O)OC[C@@H]3C2)s1. The van der Waals surface area contributed by atoms with E-state index >= 15 is 0 Å². The molecule has 37 heavy (non-hydrogen) atoms. The van der Waals surface area contributed by atoms with Crippen LogP contribution in [0.4, 0.5) is 10.5 Å². The maximum atomic E-state index is 13.7. The van der Waals surface area contributed by atoms with E-state index in [1.807, 2.05) is 48.2 Å². The molecular weight excluding hydrogens is 508 g/mol. The average molecular weight is 535 g/mol. The predicted molar refractivity (Wildman–Crippen MR) is 148 cm³/mol. The van der Waals surface area contributed by atoms with Crippen LogP contribution in [0.2, 0.25) is 5.02 Å². The van der Waals surface area contributed by atoms with Gasteiger partial charge in [-0.15, -0.1) is 11.3 Å². The van der Waals surface area contributed by atoms with Gasteiger partial charge in [0.05, 0.1) is 23.5 Å². The fourth-order valence-electron chi connectivity index (χ4n) is 5.29. The number of carbonyl (C=O) groups excluding carboxylic acids is 1. The fourth-order valence-corrected chi connectivity index (χ4v) is 6.31. The molecule has 0 aliphatic carbocycles. The normalized spacial score (nSPS) is 19.2. The summed E-state index contributed by atoms with van der Waals surface area (Å²) in [7, 11) is 0. The second kappa shape index (κ2) is 9.50. The van der Waals surface area contributed by atoms with Crippen LogP contribution in [-0.2, 0) is 11.3 Å². The summed E-state index contributed by atoms with van der Waals surface area (Å²) in [4.78, 5) is 34.7. The number of rotatable bonds is 5. The summed E-state index contributed by atoms with van der Waals surface area (Å²) < 4.78 is 6.96. The molecule has 190 valence electrons. The molecule has 4 aromatic rings. The summed E-state index contributed by atoms with van der Waals surface area (Å²) in [6, 6.07) is 16.0. The van der Waals surface area contributed by atoms with Crippen molar-refractivity contribution >= 4 is 45.6 Å². The molecule has 4 heterocycles. The standard InChI is InChI=1S/C28H27ClN4O3S/c1-16-3-8-26(37-16)22-12-25-23(13-24(22)31-20-9-10-32-21(11-20)15-36-28(32)35)27(34)33(17(2)30-25)14-18-4-6-19(29)7-5-18/h3-8,12-13,20-21,31H,9-11,14-15H2,1-2H3/t20-,21-/m0/s1. The zero-order chi connectivity index (χ0) is 25.7. The van der Waals surface area contributed by atoms with Crippen LogP contribution in [0.25, 0.3) is 21.3 Å². The lowest BCUT2D eigenvalue weighted by Crippen LogP contribution is -2.45. The molecule has 2 atom stereocenters. The van der Waals surface area contributed by atoms with Gasteiger partial charge in [-0.3, -0.25) is 9.36 Å². The van der Waals surface area contributed by atoms with E-state index in [9.17, 15) is 9.59 Å². The van der Waals surface area contributed by atoms with E-state index in [1.165, 1.54) is 4.88 Å². The van der Waals surface area contributed by atoms with Crippen molar-refractivity contribution in [2.45, 2.75) is 45.3 Å². The van der Waals surface area contributed by atoms with Crippen molar-refractivity contribution in [3.05, 3.63) is 80.2 Å². The van der Waals surface area contributed by atoms with Gasteiger partial charge in [0.15, 0.2) is 0 Å². The smallest absolute Gasteiger partial charge is 0.410 e. The number of nitrogens with one attached hydrogen (secondary N) is 1. The van der Waals surface area contributed by atoms with Crippen LogP contribution in [-0.4, -0.2) is 45.8 Å². The monoisotopic (exact) mass is 534 g/mol. The maximum absolute atomic E-state index is 13.7. The van der Waals surface area contributed by atoms with Gasteiger partial charge in [0, 0.05) is 38.6 Å². The van der Waals surface area contributed by atoms with Gasteiger partial charge in [-0.25, -0.2) is 9.78 Å². The van der Waals surface area contributed by atoms with E-state index in [2.05, 4.69) is 24.4 Å². The van der Waals surface area contributed by atoms with Crippen LogP contribution in [0.15, 0.2) is 53.3 Å². The van der Waals surface area contributed by atoms with Crippen LogP contribution in [0.3, 0.4) is 0 Å². The van der Waals surface area contributed by atoms with Gasteiger partial charge in [0.1, 0.15) is 12.4 Å². The van der Waals surface area contributed by atoms with Crippen molar-refractivity contribution in [2.75, 3.05) is 18.5 Å². The molecule has 2 aliphatic rings. The van der Waals surface area contributed by atoms with Gasteiger partial charge in [0.25, 0.3) is 5.56 Å². The van der Waals surface area contributed by atoms with Crippen molar-refractivity contribution < 1.29 is 9.53 Å². The van der Waals surface area contributed by atoms with E-state index in [0.717, 1.165) is 34.5 Å². The van der Waals surface area contributed by atoms with Gasteiger partial charge in [-0.05, 0) is 68.7 Å². The first-order valence-electron chi connectivity index (χ1n) is 12.4. The Labute approximate surface area is 223 Å². The number of benzene rings is 2. The van der Waals surface area contributed by atoms with Crippen molar-refractivity contribution in [3.8, 4) is 10.4 Å². The van der Waals surface area contributed by atoms with Crippen molar-refractivity contribution in [1.82, 2.24) is 14.5 Å². The molecule has 6 rings (SSSR count). The number of piperidine rings is 1. The number of aryl methyl sites for hydroxylation is 2. The molecule has 2 saturated heterocycles. The first kappa shape index (κ1) is 24.0. The summed E-state index contributed by atoms with van der Waals surface area (Å²) in [6.45, 7) is 5.48. The highest BCUT2D eigenvalue weighted by atomic mass is 35.5. The molecule has 0 unspecified atom stereocenters. The third-order valence-electron chi connectivity index (χ3n) is 7.25. The number of aromatic nitrogens is 2. The molecule has 0 saturated carbocycles. The Bertz CT molecular complexity index is 1560. The molecular formula is C28H27ClN4O3S. The van der Waals surface area contributed by atoms with Crippen molar-refractivity contribution in [2.24, 2.45) is 0 Å². The number of halogens is 1. The molecule has 2 aliphatic heterocycles. The minimum absolute atomic E-state index is 0.0704. The van der Waals surface area contributed by atoms with E-state index in [0.29, 0.717) is 41.4 Å². The highest BCUT2D eigenvalue weighted by Crippen LogP contribution is 2.37. The van der Waals surface area contributed by atoms with Gasteiger partial charge in [-0.2, -0.15) is 0 Å². The topological polar surface area (TPSA) is 76.5 Å². The lowest BCUT2D eigenvalue weighted by Gasteiger charge is -2.33. The van der Waals surface area contributed by atoms with Crippen molar-refractivity contribution in [3.63, 3.8) is 0 Å². The number of fused-ring (bicyclic) bond motifs is 2. The Morgan fingerprint density at radius 2 is 1.95 bits per heavy atom. The first-order chi connectivity index (χ1) is 17.9. The largest absolute Gasteiger partial charge is 0.447 e. The number of anilines is 1. The molecule has 0 bridgehead atoms. The molecule has 2 aromatic heterocycles. The van der Waals surface area contributed by atoms with Gasteiger partial charge in [-0.1, -0.05) is 23.7 Å². The third kappa shape index (κ3) is 4.60. The summed E-state index contributed by atoms with van der Waals surface area (Å²) in [5.41, 5.74) is 3.55. The van der Waals surface area contributed by atoms with Gasteiger partial charge < -0.3 is 15.0 Å². The summed E-state index contributed by atoms with van der Waals surface area (Å²) in [6.07, 6.45) is 1.41. The molecule has 1 N–H and O–H groups in total. The maximum Gasteiger partial charge on any atom is 0.410 e. The fraction of sp³-hybridized carbons (Fsp3) is 0.321. The molecule has 0 radical (unpaired) electrons. The van der Waals surface area contributed by atoms with Gasteiger partial charge >= 0.3 is 6.09 Å². The zero-order valence-corrected chi connectivity index (χ0v) is 22.2. The highest BCUT2D eigenvalue weighted by molar-refractivity contribution is 7.15. The van der Waals surface area contributed by atoms with Crippen molar-refractivity contribution in [1.29, 1.82) is 0 Å². The second-order valence-electron chi connectivity index (χ2n) is 9.79. The molecule has 2 fully saturated rings. The first-order valence-corrected chi connectivity index (χ1v) is 13.6. The average Bonchev–Trinajstić information content (AvgIpc) is 3.48. The summed E-state index contributed by atoms with van der Waals surface area (Å²) >= 11 is 7.76. The molecule has 0 spiro atoms. The number of hydrogen-bond donors (Lipinski definition) is 1. The molecule has 1 amide bonds. The molecule has 9 heteroatoms.